The van der Waals surface area contributed by atoms with Gasteiger partial charge in [-0.15, -0.1) is 0 Å². The zero-order chi connectivity index (χ0) is 19.3. The number of hydrogen-bond acceptors (Lipinski definition) is 5. The third kappa shape index (κ3) is 3.94. The predicted molar refractivity (Wildman–Crippen MR) is 106 cm³/mol. The molecule has 0 aliphatic heterocycles. The lowest BCUT2D eigenvalue weighted by atomic mass is 10.1. The summed E-state index contributed by atoms with van der Waals surface area (Å²) in [5.74, 6) is 1.08. The maximum Gasteiger partial charge on any atom is 0.257 e. The first kappa shape index (κ1) is 17.9. The van der Waals surface area contributed by atoms with Crippen LogP contribution in [0, 0.1) is 11.3 Å². The molecular weight excluding hydrogens is 352 g/mol. The summed E-state index contributed by atoms with van der Waals surface area (Å²) in [5, 5.41) is 12.3. The second kappa shape index (κ2) is 8.05. The van der Waals surface area contributed by atoms with Crippen LogP contribution in [-0.4, -0.2) is 22.5 Å². The number of nitrogens with one attached hydrogen (secondary N) is 1. The zero-order valence-corrected chi connectivity index (χ0v) is 15.4. The van der Waals surface area contributed by atoms with Gasteiger partial charge in [0.25, 0.3) is 5.91 Å². The average molecular weight is 372 g/mol. The minimum Gasteiger partial charge on any atom is -0.490 e. The summed E-state index contributed by atoms with van der Waals surface area (Å²) in [6.07, 6.45) is 4.89. The summed E-state index contributed by atoms with van der Waals surface area (Å²) >= 11 is 0. The molecule has 1 aliphatic rings. The van der Waals surface area contributed by atoms with Crippen molar-refractivity contribution in [2.45, 2.75) is 31.6 Å². The van der Waals surface area contributed by atoms with Crippen molar-refractivity contribution in [3.05, 3.63) is 59.9 Å². The molecule has 1 fully saturated rings. The van der Waals surface area contributed by atoms with Gasteiger partial charge in [-0.2, -0.15) is 5.26 Å². The van der Waals surface area contributed by atoms with Gasteiger partial charge >= 0.3 is 0 Å². The molecule has 6 nitrogen and oxygen atoms in total. The Morgan fingerprint density at radius 2 is 2.11 bits per heavy atom. The number of pyridine rings is 2. The van der Waals surface area contributed by atoms with E-state index in [-0.39, 0.29) is 5.91 Å². The molecule has 1 N–H and O–H groups in total. The maximum atomic E-state index is 13.1. The number of carbonyl (C=O) groups is 1. The first-order chi connectivity index (χ1) is 13.8. The molecule has 1 aliphatic carbocycles. The number of amides is 1. The van der Waals surface area contributed by atoms with E-state index < -0.39 is 0 Å². The van der Waals surface area contributed by atoms with Gasteiger partial charge in [0.2, 0.25) is 0 Å². The van der Waals surface area contributed by atoms with Crippen molar-refractivity contribution in [1.29, 1.82) is 5.26 Å². The Balaban J connectivity index is 1.60. The Morgan fingerprint density at radius 1 is 1.25 bits per heavy atom. The van der Waals surface area contributed by atoms with E-state index in [0.29, 0.717) is 42.5 Å². The Labute approximate surface area is 163 Å². The number of nitriles is 1. The minimum absolute atomic E-state index is 0.235. The lowest BCUT2D eigenvalue weighted by Crippen LogP contribution is -2.15. The molecule has 2 heterocycles. The van der Waals surface area contributed by atoms with Crippen molar-refractivity contribution >= 4 is 22.6 Å². The number of ether oxygens (including phenoxy) is 1. The van der Waals surface area contributed by atoms with Gasteiger partial charge in [-0.1, -0.05) is 18.2 Å². The lowest BCUT2D eigenvalue weighted by Gasteiger charge is -2.13. The molecule has 6 heteroatoms. The third-order valence-corrected chi connectivity index (χ3v) is 4.67. The first-order valence-corrected chi connectivity index (χ1v) is 9.42. The molecule has 0 radical (unpaired) electrons. The van der Waals surface area contributed by atoms with E-state index >= 15 is 0 Å². The van der Waals surface area contributed by atoms with Gasteiger partial charge in [0, 0.05) is 29.6 Å². The fourth-order valence-corrected chi connectivity index (χ4v) is 3.08. The van der Waals surface area contributed by atoms with Crippen molar-refractivity contribution in [3.8, 4) is 11.8 Å². The van der Waals surface area contributed by atoms with Gasteiger partial charge in [-0.25, -0.2) is 4.98 Å². The number of carbonyl (C=O) groups excluding carboxylic acids is 1. The van der Waals surface area contributed by atoms with E-state index in [4.69, 9.17) is 15.0 Å². The normalized spacial score (nSPS) is 13.1. The van der Waals surface area contributed by atoms with Crippen molar-refractivity contribution in [2.24, 2.45) is 0 Å². The topological polar surface area (TPSA) is 87.9 Å². The van der Waals surface area contributed by atoms with Crippen LogP contribution in [0.2, 0.25) is 0 Å². The SMILES string of the molecule is N#CCCCOc1cccnc1NC(=O)c1cc(C2CC2)nc2ccccc12. The summed E-state index contributed by atoms with van der Waals surface area (Å²) in [4.78, 5) is 22.0. The highest BCUT2D eigenvalue weighted by Crippen LogP contribution is 2.40. The second-order valence-corrected chi connectivity index (χ2v) is 6.80. The van der Waals surface area contributed by atoms with Gasteiger partial charge < -0.3 is 10.1 Å². The number of nitrogens with zero attached hydrogens (tertiary/aromatic N) is 3. The van der Waals surface area contributed by atoms with Gasteiger partial charge in [-0.3, -0.25) is 9.78 Å². The Bertz CT molecular complexity index is 1050. The molecule has 140 valence electrons. The minimum atomic E-state index is -0.235. The summed E-state index contributed by atoms with van der Waals surface area (Å²) < 4.78 is 5.69. The number of aromatic nitrogens is 2. The molecule has 0 unspecified atom stereocenters. The van der Waals surface area contributed by atoms with Crippen LogP contribution in [0.4, 0.5) is 5.82 Å². The highest BCUT2D eigenvalue weighted by atomic mass is 16.5. The van der Waals surface area contributed by atoms with Crippen LogP contribution in [0.3, 0.4) is 0 Å². The summed E-state index contributed by atoms with van der Waals surface area (Å²) in [7, 11) is 0. The lowest BCUT2D eigenvalue weighted by molar-refractivity contribution is 0.102. The molecule has 2 aromatic heterocycles. The fraction of sp³-hybridized carbons (Fsp3) is 0.273. The quantitative estimate of drug-likeness (QED) is 0.619. The molecule has 0 atom stereocenters. The van der Waals surface area contributed by atoms with Crippen LogP contribution in [0.25, 0.3) is 10.9 Å². The smallest absolute Gasteiger partial charge is 0.257 e. The number of anilines is 1. The molecule has 0 bridgehead atoms. The van der Waals surface area contributed by atoms with E-state index in [1.165, 1.54) is 0 Å². The highest BCUT2D eigenvalue weighted by Gasteiger charge is 2.27. The summed E-state index contributed by atoms with van der Waals surface area (Å²) in [6.45, 7) is 0.395. The van der Waals surface area contributed by atoms with Crippen molar-refractivity contribution in [2.75, 3.05) is 11.9 Å². The number of para-hydroxylation sites is 1. The Morgan fingerprint density at radius 3 is 2.93 bits per heavy atom. The number of hydrogen-bond donors (Lipinski definition) is 1. The molecule has 28 heavy (non-hydrogen) atoms. The van der Waals surface area contributed by atoms with E-state index in [1.54, 1.807) is 18.3 Å². The van der Waals surface area contributed by atoms with Crippen molar-refractivity contribution in [1.82, 2.24) is 9.97 Å². The molecule has 1 aromatic carbocycles. The van der Waals surface area contributed by atoms with Crippen molar-refractivity contribution in [3.63, 3.8) is 0 Å². The molecule has 3 aromatic rings. The van der Waals surface area contributed by atoms with Crippen LogP contribution in [0.15, 0.2) is 48.7 Å². The summed E-state index contributed by atoms with van der Waals surface area (Å²) in [5.41, 5.74) is 2.39. The standard InChI is InChI=1S/C22H20N4O2/c23-11-3-4-13-28-20-8-5-12-24-21(20)26-22(27)17-14-19(15-9-10-15)25-18-7-2-1-6-16(17)18/h1-2,5-8,12,14-15H,3-4,9-10,13H2,(H,24,26,27). The Hall–Kier alpha value is -3.46. The van der Waals surface area contributed by atoms with E-state index in [9.17, 15) is 4.79 Å². The van der Waals surface area contributed by atoms with Crippen LogP contribution in [0.1, 0.15) is 47.7 Å². The van der Waals surface area contributed by atoms with E-state index in [0.717, 1.165) is 29.4 Å². The van der Waals surface area contributed by atoms with Gasteiger partial charge in [0.1, 0.15) is 0 Å². The number of benzene rings is 1. The Kier molecular flexibility index (Phi) is 5.16. The third-order valence-electron chi connectivity index (χ3n) is 4.67. The number of unbranched alkanes of at least 4 members (excludes halogenated alkanes) is 1. The van der Waals surface area contributed by atoms with Crippen LogP contribution >= 0.6 is 0 Å². The fourth-order valence-electron chi connectivity index (χ4n) is 3.08. The molecular formula is C22H20N4O2. The molecule has 1 amide bonds. The van der Waals surface area contributed by atoms with Crippen LogP contribution in [-0.2, 0) is 0 Å². The molecule has 1 saturated carbocycles. The predicted octanol–water partition coefficient (Wildman–Crippen LogP) is 4.44. The van der Waals surface area contributed by atoms with Gasteiger partial charge in [0.15, 0.2) is 11.6 Å². The zero-order valence-electron chi connectivity index (χ0n) is 15.4. The van der Waals surface area contributed by atoms with E-state index in [2.05, 4.69) is 16.4 Å². The van der Waals surface area contributed by atoms with Gasteiger partial charge in [-0.05, 0) is 43.5 Å². The second-order valence-electron chi connectivity index (χ2n) is 6.80. The van der Waals surface area contributed by atoms with Crippen molar-refractivity contribution < 1.29 is 9.53 Å². The molecule has 0 saturated heterocycles. The molecule has 0 spiro atoms. The number of fused-ring (bicyclic) bond motifs is 1. The largest absolute Gasteiger partial charge is 0.490 e. The monoisotopic (exact) mass is 372 g/mol. The van der Waals surface area contributed by atoms with Crippen LogP contribution < -0.4 is 10.1 Å². The van der Waals surface area contributed by atoms with Crippen LogP contribution in [0.5, 0.6) is 5.75 Å². The highest BCUT2D eigenvalue weighted by molar-refractivity contribution is 6.12. The average Bonchev–Trinajstić information content (AvgIpc) is 3.57. The van der Waals surface area contributed by atoms with Gasteiger partial charge in [0.05, 0.1) is 23.8 Å². The van der Waals surface area contributed by atoms with E-state index in [1.807, 2.05) is 30.3 Å². The summed E-state index contributed by atoms with van der Waals surface area (Å²) in [6, 6.07) is 15.2. The molecule has 4 rings (SSSR count). The number of rotatable bonds is 7. The maximum absolute atomic E-state index is 13.1. The first-order valence-electron chi connectivity index (χ1n) is 9.42.